The molecule has 10 heteroatoms. The monoisotopic (exact) mass is 395 g/mol. The summed E-state index contributed by atoms with van der Waals surface area (Å²) in [6, 6.07) is 14.1. The molecule has 4 aromatic rings. The van der Waals surface area contributed by atoms with Gasteiger partial charge >= 0.3 is 0 Å². The molecule has 4 rings (SSSR count). The summed E-state index contributed by atoms with van der Waals surface area (Å²) in [5.41, 5.74) is 4.85. The fourth-order valence-corrected chi connectivity index (χ4v) is 3.07. The van der Waals surface area contributed by atoms with Gasteiger partial charge in [0, 0.05) is 6.07 Å². The molecule has 2 amide bonds. The van der Waals surface area contributed by atoms with Gasteiger partial charge in [-0.25, -0.2) is 4.68 Å². The van der Waals surface area contributed by atoms with Crippen molar-refractivity contribution in [1.82, 2.24) is 25.8 Å². The largest absolute Gasteiger partial charge is 0.504 e. The van der Waals surface area contributed by atoms with E-state index in [2.05, 4.69) is 21.1 Å². The fourth-order valence-electron chi connectivity index (χ4n) is 2.39. The molecule has 0 atom stereocenters. The van der Waals surface area contributed by atoms with Gasteiger partial charge in [0.05, 0.1) is 16.8 Å². The number of para-hydroxylation sites is 1. The second kappa shape index (κ2) is 7.37. The predicted molar refractivity (Wildman–Crippen MR) is 100.0 cm³/mol. The number of benzene rings is 1. The van der Waals surface area contributed by atoms with Crippen LogP contribution in [0, 0.1) is 0 Å². The minimum Gasteiger partial charge on any atom is -0.504 e. The van der Waals surface area contributed by atoms with Crippen LogP contribution in [-0.2, 0) is 0 Å². The van der Waals surface area contributed by atoms with Crippen molar-refractivity contribution in [1.29, 1.82) is 0 Å². The number of hydrogen-bond donors (Lipinski definition) is 3. The Labute approximate surface area is 162 Å². The van der Waals surface area contributed by atoms with Crippen molar-refractivity contribution in [2.75, 3.05) is 0 Å². The van der Waals surface area contributed by atoms with E-state index in [9.17, 15) is 14.7 Å². The highest BCUT2D eigenvalue weighted by molar-refractivity contribution is 7.13. The zero-order valence-electron chi connectivity index (χ0n) is 14.2. The summed E-state index contributed by atoms with van der Waals surface area (Å²) in [4.78, 5) is 25.2. The lowest BCUT2D eigenvalue weighted by atomic mass is 10.3. The Bertz CT molecular complexity index is 1120. The number of nitrogens with one attached hydrogen (secondary N) is 2. The van der Waals surface area contributed by atoms with Crippen LogP contribution in [0.1, 0.15) is 21.0 Å². The van der Waals surface area contributed by atoms with E-state index in [1.165, 1.54) is 28.3 Å². The normalized spacial score (nSPS) is 10.6. The van der Waals surface area contributed by atoms with Crippen LogP contribution in [0.25, 0.3) is 16.3 Å². The van der Waals surface area contributed by atoms with E-state index in [0.29, 0.717) is 11.4 Å². The van der Waals surface area contributed by atoms with Crippen molar-refractivity contribution in [3.8, 4) is 22.1 Å². The van der Waals surface area contributed by atoms with Crippen LogP contribution in [0.4, 0.5) is 0 Å². The first-order chi connectivity index (χ1) is 13.6. The maximum absolute atomic E-state index is 12.2. The SMILES string of the molecule is O=C(NNC(=O)c1nn(-c2ccccc2)cc1O)c1cc(-c2cccs2)on1. The molecule has 3 heterocycles. The number of amides is 2. The van der Waals surface area contributed by atoms with Crippen LogP contribution < -0.4 is 10.9 Å². The number of nitrogens with zero attached hydrogens (tertiary/aromatic N) is 3. The van der Waals surface area contributed by atoms with Crippen LogP contribution in [0.3, 0.4) is 0 Å². The molecule has 0 aliphatic carbocycles. The van der Waals surface area contributed by atoms with Crippen molar-refractivity contribution >= 4 is 23.2 Å². The Morgan fingerprint density at radius 2 is 1.86 bits per heavy atom. The molecule has 0 radical (unpaired) electrons. The van der Waals surface area contributed by atoms with E-state index in [1.807, 2.05) is 23.6 Å². The molecule has 0 aliphatic rings. The Morgan fingerprint density at radius 1 is 1.07 bits per heavy atom. The van der Waals surface area contributed by atoms with Gasteiger partial charge in [0.1, 0.15) is 0 Å². The van der Waals surface area contributed by atoms with E-state index < -0.39 is 11.8 Å². The van der Waals surface area contributed by atoms with Crippen molar-refractivity contribution in [2.45, 2.75) is 0 Å². The van der Waals surface area contributed by atoms with Gasteiger partial charge in [0.2, 0.25) is 0 Å². The summed E-state index contributed by atoms with van der Waals surface area (Å²) < 4.78 is 6.48. The summed E-state index contributed by atoms with van der Waals surface area (Å²) in [5, 5.41) is 19.6. The third-order valence-electron chi connectivity index (χ3n) is 3.73. The Balaban J connectivity index is 1.42. The number of aromatic hydroxyl groups is 1. The Hall–Kier alpha value is -3.92. The number of carbonyl (C=O) groups excluding carboxylic acids is 2. The van der Waals surface area contributed by atoms with Crippen LogP contribution >= 0.6 is 11.3 Å². The van der Waals surface area contributed by atoms with Crippen molar-refractivity contribution in [3.63, 3.8) is 0 Å². The molecule has 140 valence electrons. The summed E-state index contributed by atoms with van der Waals surface area (Å²) in [7, 11) is 0. The van der Waals surface area contributed by atoms with E-state index >= 15 is 0 Å². The first-order valence-corrected chi connectivity index (χ1v) is 8.95. The number of aromatic nitrogens is 3. The van der Waals surface area contributed by atoms with Gasteiger partial charge in [-0.05, 0) is 23.6 Å². The Morgan fingerprint density at radius 3 is 2.61 bits per heavy atom. The van der Waals surface area contributed by atoms with Gasteiger partial charge in [-0.15, -0.1) is 11.3 Å². The molecule has 0 fully saturated rings. The highest BCUT2D eigenvalue weighted by Gasteiger charge is 2.19. The van der Waals surface area contributed by atoms with Gasteiger partial charge in [0.15, 0.2) is 22.9 Å². The third kappa shape index (κ3) is 3.48. The van der Waals surface area contributed by atoms with Crippen molar-refractivity contribution in [3.05, 3.63) is 71.5 Å². The molecule has 0 unspecified atom stereocenters. The highest BCUT2D eigenvalue weighted by atomic mass is 32.1. The van der Waals surface area contributed by atoms with Crippen LogP contribution in [0.2, 0.25) is 0 Å². The maximum atomic E-state index is 12.2. The van der Waals surface area contributed by atoms with E-state index in [4.69, 9.17) is 4.52 Å². The van der Waals surface area contributed by atoms with Crippen molar-refractivity contribution < 1.29 is 19.2 Å². The molecule has 0 aliphatic heterocycles. The first-order valence-electron chi connectivity index (χ1n) is 8.07. The van der Waals surface area contributed by atoms with Gasteiger partial charge < -0.3 is 9.63 Å². The van der Waals surface area contributed by atoms with E-state index in [-0.39, 0.29) is 17.1 Å². The topological polar surface area (TPSA) is 122 Å². The number of carbonyl (C=O) groups is 2. The molecule has 3 aromatic heterocycles. The van der Waals surface area contributed by atoms with Gasteiger partial charge in [-0.2, -0.15) is 5.10 Å². The minimum atomic E-state index is -0.775. The standard InChI is InChI=1S/C18H13N5O4S/c24-13-10-23(11-5-2-1-3-6-11)21-16(13)18(26)20-19-17(25)12-9-14(27-22-12)15-7-4-8-28-15/h1-10,24H,(H,19,25)(H,20,26). The maximum Gasteiger partial charge on any atom is 0.294 e. The van der Waals surface area contributed by atoms with Gasteiger partial charge in [0.25, 0.3) is 11.8 Å². The number of rotatable bonds is 4. The number of hydrogen-bond acceptors (Lipinski definition) is 7. The highest BCUT2D eigenvalue weighted by Crippen LogP contribution is 2.25. The lowest BCUT2D eigenvalue weighted by Crippen LogP contribution is -2.42. The second-order valence-electron chi connectivity index (χ2n) is 5.61. The van der Waals surface area contributed by atoms with Crippen LogP contribution in [0.5, 0.6) is 5.75 Å². The zero-order valence-corrected chi connectivity index (χ0v) is 15.0. The number of thiophene rings is 1. The van der Waals surface area contributed by atoms with E-state index in [1.54, 1.807) is 24.3 Å². The number of hydrazine groups is 1. The molecule has 28 heavy (non-hydrogen) atoms. The van der Waals surface area contributed by atoms with Gasteiger partial charge in [-0.3, -0.25) is 20.4 Å². The smallest absolute Gasteiger partial charge is 0.294 e. The average molecular weight is 395 g/mol. The minimum absolute atomic E-state index is 0.00253. The van der Waals surface area contributed by atoms with Gasteiger partial charge in [-0.1, -0.05) is 29.4 Å². The molecule has 1 aromatic carbocycles. The van der Waals surface area contributed by atoms with Crippen LogP contribution in [0.15, 0.2) is 64.6 Å². The molecular formula is C18H13N5O4S. The summed E-state index contributed by atoms with van der Waals surface area (Å²) in [6.45, 7) is 0. The molecule has 0 bridgehead atoms. The first kappa shape index (κ1) is 17.5. The molecular weight excluding hydrogens is 382 g/mol. The molecule has 3 N–H and O–H groups in total. The summed E-state index contributed by atoms with van der Waals surface area (Å²) in [5.74, 6) is -1.31. The molecule has 9 nitrogen and oxygen atoms in total. The summed E-state index contributed by atoms with van der Waals surface area (Å²) >= 11 is 1.45. The molecule has 0 spiro atoms. The second-order valence-corrected chi connectivity index (χ2v) is 6.55. The quantitative estimate of drug-likeness (QED) is 0.456. The predicted octanol–water partition coefficient (Wildman–Crippen LogP) is 2.37. The molecule has 0 saturated heterocycles. The van der Waals surface area contributed by atoms with E-state index in [0.717, 1.165) is 4.88 Å². The van der Waals surface area contributed by atoms with Crippen LogP contribution in [-0.4, -0.2) is 31.9 Å². The lowest BCUT2D eigenvalue weighted by Gasteiger charge is -2.04. The fraction of sp³-hybridized carbons (Fsp3) is 0. The zero-order chi connectivity index (χ0) is 19.5. The Kier molecular flexibility index (Phi) is 4.60. The third-order valence-corrected chi connectivity index (χ3v) is 4.61. The van der Waals surface area contributed by atoms with Crippen molar-refractivity contribution in [2.24, 2.45) is 0 Å². The average Bonchev–Trinajstić information content (AvgIpc) is 3.46. The molecule has 0 saturated carbocycles. The lowest BCUT2D eigenvalue weighted by molar-refractivity contribution is 0.0837. The summed E-state index contributed by atoms with van der Waals surface area (Å²) in [6.07, 6.45) is 1.30.